The minimum Gasteiger partial charge on any atom is -0.357 e. The number of benzene rings is 1. The third-order valence-corrected chi connectivity index (χ3v) is 3.07. The number of fused-ring (bicyclic) bond motifs is 3. The number of likely N-dealkylation sites (N-methyl/N-ethyl adjacent to an activating group) is 1. The van der Waals surface area contributed by atoms with E-state index in [1.165, 1.54) is 11.9 Å². The van der Waals surface area contributed by atoms with Crippen LogP contribution in [0, 0.1) is 6.92 Å². The summed E-state index contributed by atoms with van der Waals surface area (Å²) < 4.78 is 0. The van der Waals surface area contributed by atoms with Gasteiger partial charge in [0.25, 0.3) is 5.91 Å². The number of rotatable bonds is 0. The van der Waals surface area contributed by atoms with Crippen molar-refractivity contribution in [3.05, 3.63) is 29.3 Å². The molecule has 0 aromatic heterocycles. The largest absolute Gasteiger partial charge is 0.357 e. The molecular formula is C12H11N3O. The summed E-state index contributed by atoms with van der Waals surface area (Å²) in [4.78, 5) is 21.6. The molecule has 0 N–H and O–H groups in total. The summed E-state index contributed by atoms with van der Waals surface area (Å²) in [5.74, 6) is -0.138. The fraction of sp³-hybridized carbons (Fsp3) is 0.250. The predicted molar refractivity (Wildman–Crippen MR) is 63.4 cm³/mol. The lowest BCUT2D eigenvalue weighted by Gasteiger charge is -2.20. The van der Waals surface area contributed by atoms with Crippen LogP contribution in [0.15, 0.2) is 28.2 Å². The molecule has 2 aliphatic rings. The molecule has 0 aliphatic carbocycles. The van der Waals surface area contributed by atoms with Crippen LogP contribution in [0.3, 0.4) is 0 Å². The molecule has 3 rings (SSSR count). The van der Waals surface area contributed by atoms with Crippen LogP contribution < -0.4 is 4.90 Å². The van der Waals surface area contributed by atoms with Gasteiger partial charge < -0.3 is 4.90 Å². The van der Waals surface area contributed by atoms with Crippen LogP contribution in [-0.4, -0.2) is 31.0 Å². The topological polar surface area (TPSA) is 45.0 Å². The molecule has 1 aromatic rings. The molecule has 0 radical (unpaired) electrons. The van der Waals surface area contributed by atoms with Crippen LogP contribution in [0.1, 0.15) is 11.1 Å². The number of hydrogen-bond acceptors (Lipinski definition) is 3. The van der Waals surface area contributed by atoms with E-state index in [1.54, 1.807) is 0 Å². The maximum atomic E-state index is 11.7. The fourth-order valence-electron chi connectivity index (χ4n) is 2.27. The van der Waals surface area contributed by atoms with Crippen molar-refractivity contribution in [3.63, 3.8) is 0 Å². The van der Waals surface area contributed by atoms with Gasteiger partial charge >= 0.3 is 0 Å². The number of anilines is 1. The van der Waals surface area contributed by atoms with Gasteiger partial charge in [-0.25, -0.2) is 4.99 Å². The molecule has 1 aromatic carbocycles. The third-order valence-electron chi connectivity index (χ3n) is 3.07. The van der Waals surface area contributed by atoms with Gasteiger partial charge in [-0.1, -0.05) is 11.6 Å². The summed E-state index contributed by atoms with van der Waals surface area (Å²) in [7, 11) is 1.90. The Morgan fingerprint density at radius 2 is 2.19 bits per heavy atom. The first-order valence-electron chi connectivity index (χ1n) is 5.16. The van der Waals surface area contributed by atoms with Crippen molar-refractivity contribution in [1.82, 2.24) is 0 Å². The number of aliphatic imine (C=N–C) groups is 2. The van der Waals surface area contributed by atoms with Crippen molar-refractivity contribution in [3.8, 4) is 0 Å². The second-order valence-electron chi connectivity index (χ2n) is 4.13. The lowest BCUT2D eigenvalue weighted by molar-refractivity contribution is -0.117. The van der Waals surface area contributed by atoms with Crippen LogP contribution in [-0.2, 0) is 4.79 Å². The number of amides is 1. The normalized spacial score (nSPS) is 21.9. The molecule has 1 amide bonds. The van der Waals surface area contributed by atoms with Crippen molar-refractivity contribution < 1.29 is 4.79 Å². The van der Waals surface area contributed by atoms with E-state index in [-0.39, 0.29) is 11.9 Å². The van der Waals surface area contributed by atoms with E-state index in [4.69, 9.17) is 0 Å². The molecule has 0 saturated heterocycles. The molecule has 2 aliphatic heterocycles. The number of hydrogen-bond donors (Lipinski definition) is 0. The Hall–Kier alpha value is -1.97. The smallest absolute Gasteiger partial charge is 0.276 e. The number of aryl methyl sites for hydroxylation is 1. The maximum absolute atomic E-state index is 11.7. The van der Waals surface area contributed by atoms with E-state index >= 15 is 0 Å². The first kappa shape index (κ1) is 9.27. The highest BCUT2D eigenvalue weighted by atomic mass is 16.2. The van der Waals surface area contributed by atoms with Gasteiger partial charge in [0.2, 0.25) is 0 Å². The third kappa shape index (κ3) is 1.07. The Kier molecular flexibility index (Phi) is 1.74. The second kappa shape index (κ2) is 3.01. The van der Waals surface area contributed by atoms with Gasteiger partial charge in [0.15, 0.2) is 6.04 Å². The highest BCUT2D eigenvalue weighted by Crippen LogP contribution is 2.33. The average Bonchev–Trinajstić information content (AvgIpc) is 2.54. The molecule has 80 valence electrons. The van der Waals surface area contributed by atoms with Gasteiger partial charge in [0.1, 0.15) is 6.34 Å². The molecular weight excluding hydrogens is 202 g/mol. The Bertz CT molecular complexity index is 545. The summed E-state index contributed by atoms with van der Waals surface area (Å²) in [6.07, 6.45) is 1.35. The van der Waals surface area contributed by atoms with Crippen LogP contribution in [0.4, 0.5) is 5.69 Å². The van der Waals surface area contributed by atoms with E-state index in [0.717, 1.165) is 17.0 Å². The number of carbonyl (C=O) groups is 1. The quantitative estimate of drug-likeness (QED) is 0.649. The first-order valence-corrected chi connectivity index (χ1v) is 5.16. The molecule has 0 spiro atoms. The van der Waals surface area contributed by atoms with Crippen molar-refractivity contribution in [1.29, 1.82) is 0 Å². The van der Waals surface area contributed by atoms with E-state index < -0.39 is 0 Å². The molecule has 2 heterocycles. The Morgan fingerprint density at radius 3 is 3.00 bits per heavy atom. The molecule has 16 heavy (non-hydrogen) atoms. The minimum absolute atomic E-state index is 0.138. The van der Waals surface area contributed by atoms with Gasteiger partial charge in [0, 0.05) is 18.3 Å². The molecule has 4 heteroatoms. The lowest BCUT2D eigenvalue weighted by atomic mass is 10.0. The van der Waals surface area contributed by atoms with Gasteiger partial charge in [-0.15, -0.1) is 0 Å². The van der Waals surface area contributed by atoms with Crippen LogP contribution in [0.5, 0.6) is 0 Å². The molecule has 0 fully saturated rings. The van der Waals surface area contributed by atoms with Crippen LogP contribution in [0.25, 0.3) is 0 Å². The fourth-order valence-corrected chi connectivity index (χ4v) is 2.27. The van der Waals surface area contributed by atoms with Crippen LogP contribution in [0.2, 0.25) is 0 Å². The van der Waals surface area contributed by atoms with Crippen molar-refractivity contribution in [2.24, 2.45) is 9.98 Å². The second-order valence-corrected chi connectivity index (χ2v) is 4.13. The standard InChI is InChI=1S/C12H11N3O/c1-7-3-4-9-8(5-7)10-11(15(9)2)12(16)14-6-13-10/h3-6,11H,1-2H3. The number of nitrogens with zero attached hydrogens (tertiary/aromatic N) is 3. The van der Waals surface area contributed by atoms with E-state index in [1.807, 2.05) is 31.0 Å². The summed E-state index contributed by atoms with van der Waals surface area (Å²) in [5, 5.41) is 0. The minimum atomic E-state index is -0.332. The molecule has 0 saturated carbocycles. The van der Waals surface area contributed by atoms with Crippen molar-refractivity contribution >= 4 is 23.6 Å². The van der Waals surface area contributed by atoms with Crippen molar-refractivity contribution in [2.45, 2.75) is 13.0 Å². The SMILES string of the molecule is Cc1ccc2c(c1)C1=NC=NC(=O)C1N2C. The van der Waals surface area contributed by atoms with E-state index in [0.29, 0.717) is 0 Å². The molecule has 1 unspecified atom stereocenters. The van der Waals surface area contributed by atoms with Gasteiger partial charge in [0.05, 0.1) is 5.71 Å². The number of carbonyl (C=O) groups excluding carboxylic acids is 1. The molecule has 0 bridgehead atoms. The summed E-state index contributed by atoms with van der Waals surface area (Å²) in [6, 6.07) is 5.80. The Morgan fingerprint density at radius 1 is 1.38 bits per heavy atom. The van der Waals surface area contributed by atoms with Gasteiger partial charge in [-0.05, 0) is 19.1 Å². The highest BCUT2D eigenvalue weighted by Gasteiger charge is 2.39. The van der Waals surface area contributed by atoms with Crippen molar-refractivity contribution in [2.75, 3.05) is 11.9 Å². The first-order chi connectivity index (χ1) is 7.68. The van der Waals surface area contributed by atoms with Crippen LogP contribution >= 0.6 is 0 Å². The van der Waals surface area contributed by atoms with Gasteiger partial charge in [-0.2, -0.15) is 4.99 Å². The summed E-state index contributed by atoms with van der Waals surface area (Å²) >= 11 is 0. The summed E-state index contributed by atoms with van der Waals surface area (Å²) in [6.45, 7) is 2.03. The Balaban J connectivity index is 2.24. The Labute approximate surface area is 93.3 Å². The van der Waals surface area contributed by atoms with E-state index in [2.05, 4.69) is 16.1 Å². The zero-order valence-electron chi connectivity index (χ0n) is 9.14. The highest BCUT2D eigenvalue weighted by molar-refractivity contribution is 6.28. The zero-order chi connectivity index (χ0) is 11.3. The predicted octanol–water partition coefficient (Wildman–Crippen LogP) is 1.17. The maximum Gasteiger partial charge on any atom is 0.276 e. The molecule has 1 atom stereocenters. The lowest BCUT2D eigenvalue weighted by Crippen LogP contribution is -2.40. The molecule has 4 nitrogen and oxygen atoms in total. The van der Waals surface area contributed by atoms with Gasteiger partial charge in [-0.3, -0.25) is 4.79 Å². The zero-order valence-corrected chi connectivity index (χ0v) is 9.14. The average molecular weight is 213 g/mol. The summed E-state index contributed by atoms with van der Waals surface area (Å²) in [5.41, 5.74) is 4.09. The van der Waals surface area contributed by atoms with E-state index in [9.17, 15) is 4.79 Å². The monoisotopic (exact) mass is 213 g/mol.